The van der Waals surface area contributed by atoms with E-state index in [1.54, 1.807) is 6.07 Å². The van der Waals surface area contributed by atoms with Gasteiger partial charge in [0, 0.05) is 27.5 Å². The molecule has 1 fully saturated rings. The van der Waals surface area contributed by atoms with E-state index in [1.165, 1.54) is 11.3 Å². The number of rotatable bonds is 5. The molecule has 21 heavy (non-hydrogen) atoms. The van der Waals surface area contributed by atoms with Crippen molar-refractivity contribution >= 4 is 32.2 Å². The lowest BCUT2D eigenvalue weighted by Gasteiger charge is -2.30. The first-order valence-corrected chi connectivity index (χ1v) is 11.0. The standard InChI is InChI=1S/C14H23NO3S3/c1-4-20(16)13-8-6-5-7-12(13)15-21(17,18)14-9-10(2)11(3)19-14/h9,12-13,15H,4-8H2,1-3H3/t12-,13-,20+/m1/s1. The summed E-state index contributed by atoms with van der Waals surface area (Å²) in [7, 11) is -4.46. The number of aryl methyl sites for hydroxylation is 2. The minimum absolute atomic E-state index is 0.0549. The highest BCUT2D eigenvalue weighted by Gasteiger charge is 2.33. The second kappa shape index (κ2) is 6.89. The first-order valence-electron chi connectivity index (χ1n) is 7.31. The van der Waals surface area contributed by atoms with E-state index in [1.807, 2.05) is 20.8 Å². The summed E-state index contributed by atoms with van der Waals surface area (Å²) in [5, 5.41) is -0.0549. The highest BCUT2D eigenvalue weighted by molar-refractivity contribution is 7.91. The van der Waals surface area contributed by atoms with E-state index in [2.05, 4.69) is 4.72 Å². The Labute approximate surface area is 133 Å². The van der Waals surface area contributed by atoms with Crippen LogP contribution in [0.1, 0.15) is 43.0 Å². The van der Waals surface area contributed by atoms with Gasteiger partial charge in [0.25, 0.3) is 0 Å². The zero-order valence-corrected chi connectivity index (χ0v) is 15.2. The molecule has 0 spiro atoms. The van der Waals surface area contributed by atoms with Crippen molar-refractivity contribution in [1.82, 2.24) is 4.72 Å². The summed E-state index contributed by atoms with van der Waals surface area (Å²) in [5.74, 6) is 0.583. The van der Waals surface area contributed by atoms with Crippen LogP contribution < -0.4 is 4.72 Å². The van der Waals surface area contributed by atoms with Crippen molar-refractivity contribution in [2.24, 2.45) is 0 Å². The highest BCUT2D eigenvalue weighted by atomic mass is 32.2. The van der Waals surface area contributed by atoms with Gasteiger partial charge in [-0.2, -0.15) is 0 Å². The summed E-state index contributed by atoms with van der Waals surface area (Å²) in [6, 6.07) is 1.52. The number of nitrogens with one attached hydrogen (secondary N) is 1. The van der Waals surface area contributed by atoms with Crippen LogP contribution in [0.25, 0.3) is 0 Å². The van der Waals surface area contributed by atoms with Gasteiger partial charge < -0.3 is 0 Å². The average molecular weight is 350 g/mol. The molecule has 0 aliphatic heterocycles. The molecule has 4 nitrogen and oxygen atoms in total. The maximum absolute atomic E-state index is 12.5. The van der Waals surface area contributed by atoms with Gasteiger partial charge >= 0.3 is 0 Å². The van der Waals surface area contributed by atoms with E-state index in [0.29, 0.717) is 9.96 Å². The van der Waals surface area contributed by atoms with E-state index in [9.17, 15) is 12.6 Å². The summed E-state index contributed by atoms with van der Waals surface area (Å²) in [6.07, 6.45) is 3.65. The molecule has 2 rings (SSSR count). The van der Waals surface area contributed by atoms with E-state index >= 15 is 0 Å². The van der Waals surface area contributed by atoms with E-state index < -0.39 is 20.8 Å². The number of sulfonamides is 1. The number of hydrogen-bond donors (Lipinski definition) is 1. The molecule has 7 heteroatoms. The summed E-state index contributed by atoms with van der Waals surface area (Å²) >= 11 is 1.30. The molecule has 0 saturated heterocycles. The Hall–Kier alpha value is -0.240. The van der Waals surface area contributed by atoms with Gasteiger partial charge in [-0.15, -0.1) is 11.3 Å². The fraction of sp³-hybridized carbons (Fsp3) is 0.714. The Kier molecular flexibility index (Phi) is 5.62. The molecule has 1 heterocycles. The zero-order chi connectivity index (χ0) is 15.6. The van der Waals surface area contributed by atoms with Crippen LogP contribution >= 0.6 is 11.3 Å². The van der Waals surface area contributed by atoms with Gasteiger partial charge in [-0.3, -0.25) is 4.21 Å². The normalized spacial score (nSPS) is 24.9. The van der Waals surface area contributed by atoms with Crippen LogP contribution in [-0.2, 0) is 20.8 Å². The first kappa shape index (κ1) is 17.1. The van der Waals surface area contributed by atoms with Crippen LogP contribution in [0.15, 0.2) is 10.3 Å². The fourth-order valence-corrected chi connectivity index (χ4v) is 7.05. The Morgan fingerprint density at radius 3 is 2.57 bits per heavy atom. The van der Waals surface area contributed by atoms with Gasteiger partial charge in [-0.05, 0) is 38.3 Å². The largest absolute Gasteiger partial charge is 0.259 e. The molecule has 1 aliphatic carbocycles. The predicted octanol–water partition coefficient (Wildman–Crippen LogP) is 2.72. The van der Waals surface area contributed by atoms with Crippen LogP contribution in [0.4, 0.5) is 0 Å². The SMILES string of the molecule is CC[S@](=O)[C@@H]1CCCC[C@H]1NS(=O)(=O)c1cc(C)c(C)s1. The Balaban J connectivity index is 2.19. The predicted molar refractivity (Wildman–Crippen MR) is 88.8 cm³/mol. The molecule has 120 valence electrons. The molecule has 0 bridgehead atoms. The minimum atomic E-state index is -3.50. The van der Waals surface area contributed by atoms with Crippen LogP contribution in [0, 0.1) is 13.8 Å². The minimum Gasteiger partial charge on any atom is -0.259 e. The van der Waals surface area contributed by atoms with Crippen LogP contribution in [-0.4, -0.2) is 29.7 Å². The van der Waals surface area contributed by atoms with Crippen LogP contribution in [0.5, 0.6) is 0 Å². The number of thiophene rings is 1. The summed E-state index contributed by atoms with van der Waals surface area (Å²) in [4.78, 5) is 1.02. The molecule has 0 unspecified atom stereocenters. The van der Waals surface area contributed by atoms with Crippen molar-refractivity contribution in [3.8, 4) is 0 Å². The lowest BCUT2D eigenvalue weighted by molar-refractivity contribution is 0.417. The molecule has 3 atom stereocenters. The van der Waals surface area contributed by atoms with Crippen molar-refractivity contribution in [3.63, 3.8) is 0 Å². The second-order valence-corrected chi connectivity index (χ2v) is 10.7. The Morgan fingerprint density at radius 2 is 2.00 bits per heavy atom. The molecule has 1 N–H and O–H groups in total. The highest BCUT2D eigenvalue weighted by Crippen LogP contribution is 2.28. The third kappa shape index (κ3) is 3.94. The van der Waals surface area contributed by atoms with E-state index in [-0.39, 0.29) is 11.3 Å². The summed E-state index contributed by atoms with van der Waals surface area (Å²) in [5.41, 5.74) is 0.998. The van der Waals surface area contributed by atoms with Gasteiger partial charge in [-0.1, -0.05) is 19.8 Å². The van der Waals surface area contributed by atoms with Gasteiger partial charge in [0.15, 0.2) is 0 Å². The topological polar surface area (TPSA) is 63.2 Å². The van der Waals surface area contributed by atoms with Gasteiger partial charge in [-0.25, -0.2) is 13.1 Å². The van der Waals surface area contributed by atoms with Crippen LogP contribution in [0.2, 0.25) is 0 Å². The van der Waals surface area contributed by atoms with Crippen molar-refractivity contribution in [1.29, 1.82) is 0 Å². The van der Waals surface area contributed by atoms with Gasteiger partial charge in [0.1, 0.15) is 4.21 Å². The summed E-state index contributed by atoms with van der Waals surface area (Å²) < 4.78 is 40.4. The lowest BCUT2D eigenvalue weighted by atomic mass is 9.96. The van der Waals surface area contributed by atoms with Crippen LogP contribution in [0.3, 0.4) is 0 Å². The monoisotopic (exact) mass is 349 g/mol. The Bertz CT molecular complexity index is 602. The van der Waals surface area contributed by atoms with Crippen molar-refractivity contribution in [2.75, 3.05) is 5.75 Å². The molecular formula is C14H23NO3S3. The summed E-state index contributed by atoms with van der Waals surface area (Å²) in [6.45, 7) is 5.73. The fourth-order valence-electron chi connectivity index (χ4n) is 2.69. The van der Waals surface area contributed by atoms with E-state index in [0.717, 1.165) is 36.1 Å². The third-order valence-corrected chi connectivity index (χ3v) is 8.96. The maximum atomic E-state index is 12.5. The van der Waals surface area contributed by atoms with Crippen molar-refractivity contribution in [3.05, 3.63) is 16.5 Å². The molecular weight excluding hydrogens is 326 g/mol. The third-order valence-electron chi connectivity index (χ3n) is 4.04. The quantitative estimate of drug-likeness (QED) is 0.889. The lowest BCUT2D eigenvalue weighted by Crippen LogP contribution is -2.47. The van der Waals surface area contributed by atoms with Crippen molar-refractivity contribution in [2.45, 2.75) is 62.0 Å². The molecule has 1 saturated carbocycles. The molecule has 0 radical (unpaired) electrons. The second-order valence-electron chi connectivity index (χ2n) is 5.52. The molecule has 0 amide bonds. The molecule has 1 aliphatic rings. The first-order chi connectivity index (χ1) is 9.85. The van der Waals surface area contributed by atoms with E-state index in [4.69, 9.17) is 0 Å². The number of hydrogen-bond acceptors (Lipinski definition) is 4. The average Bonchev–Trinajstić information content (AvgIpc) is 2.79. The molecule has 1 aromatic rings. The van der Waals surface area contributed by atoms with Gasteiger partial charge in [0.2, 0.25) is 10.0 Å². The zero-order valence-electron chi connectivity index (χ0n) is 12.7. The van der Waals surface area contributed by atoms with Gasteiger partial charge in [0.05, 0.1) is 5.25 Å². The smallest absolute Gasteiger partial charge is 0.250 e. The molecule has 1 aromatic heterocycles. The molecule has 0 aromatic carbocycles. The maximum Gasteiger partial charge on any atom is 0.250 e. The van der Waals surface area contributed by atoms with Crippen molar-refractivity contribution < 1.29 is 12.6 Å². The Morgan fingerprint density at radius 1 is 1.33 bits per heavy atom.